The lowest BCUT2D eigenvalue weighted by atomic mass is 9.99. The number of carbonyl (C=O) groups is 3. The number of hydrogen-bond donors (Lipinski definition) is 1. The largest absolute Gasteiger partial charge is 0.467 e. The van der Waals surface area contributed by atoms with Gasteiger partial charge in [0, 0.05) is 10.1 Å². The second-order valence-electron chi connectivity index (χ2n) is 5.92. The second-order valence-corrected chi connectivity index (χ2v) is 7.35. The van der Waals surface area contributed by atoms with Gasteiger partial charge in [0.2, 0.25) is 0 Å². The highest BCUT2D eigenvalue weighted by molar-refractivity contribution is 7.21. The van der Waals surface area contributed by atoms with E-state index < -0.39 is 36.3 Å². The van der Waals surface area contributed by atoms with E-state index in [1.165, 1.54) is 25.3 Å². The quantitative estimate of drug-likeness (QED) is 0.699. The molecule has 0 aliphatic heterocycles. The number of fused-ring (bicyclic) bond motifs is 1. The van der Waals surface area contributed by atoms with E-state index in [0.717, 1.165) is 11.3 Å². The van der Waals surface area contributed by atoms with E-state index in [9.17, 15) is 18.8 Å². The number of thiophene rings is 1. The summed E-state index contributed by atoms with van der Waals surface area (Å²) >= 11 is 7.13. The molecule has 0 aliphatic carbocycles. The summed E-state index contributed by atoms with van der Waals surface area (Å²) in [6.07, 6.45) is 0.647. The van der Waals surface area contributed by atoms with Crippen LogP contribution in [-0.4, -0.2) is 37.6 Å². The highest BCUT2D eigenvalue weighted by Gasteiger charge is 2.27. The number of esters is 2. The molecule has 6 nitrogen and oxygen atoms in total. The van der Waals surface area contributed by atoms with Crippen molar-refractivity contribution in [2.24, 2.45) is 5.92 Å². The SMILES string of the molecule is CC[C@H](C)[C@@H](NC(=O)COC(=O)c1sc2cc(F)ccc2c1Cl)C(=O)OC. The Morgan fingerprint density at radius 2 is 2.04 bits per heavy atom. The fourth-order valence-corrected chi connectivity index (χ4v) is 3.81. The number of carbonyl (C=O) groups excluding carboxylic acids is 3. The predicted octanol–water partition coefficient (Wildman–Crippen LogP) is 3.55. The molecular formula is C18H19ClFNO5S. The van der Waals surface area contributed by atoms with Gasteiger partial charge >= 0.3 is 11.9 Å². The summed E-state index contributed by atoms with van der Waals surface area (Å²) in [4.78, 5) is 36.2. The number of ether oxygens (including phenoxy) is 2. The lowest BCUT2D eigenvalue weighted by Crippen LogP contribution is -2.47. The minimum atomic E-state index is -0.831. The zero-order valence-electron chi connectivity index (χ0n) is 15.0. The van der Waals surface area contributed by atoms with Gasteiger partial charge in [-0.15, -0.1) is 11.3 Å². The molecule has 0 unspecified atom stereocenters. The van der Waals surface area contributed by atoms with E-state index in [1.807, 2.05) is 6.92 Å². The molecule has 0 radical (unpaired) electrons. The first kappa shape index (κ1) is 21.1. The van der Waals surface area contributed by atoms with Crippen molar-refractivity contribution < 1.29 is 28.2 Å². The molecule has 1 amide bonds. The molecule has 0 saturated heterocycles. The zero-order chi connectivity index (χ0) is 20.1. The summed E-state index contributed by atoms with van der Waals surface area (Å²) in [6.45, 7) is 3.09. The molecule has 2 aromatic rings. The van der Waals surface area contributed by atoms with E-state index in [4.69, 9.17) is 16.3 Å². The highest BCUT2D eigenvalue weighted by Crippen LogP contribution is 2.36. The minimum absolute atomic E-state index is 0.0801. The van der Waals surface area contributed by atoms with Crippen LogP contribution in [0.1, 0.15) is 29.9 Å². The van der Waals surface area contributed by atoms with Crippen molar-refractivity contribution in [3.05, 3.63) is 33.9 Å². The van der Waals surface area contributed by atoms with Crippen molar-refractivity contribution in [1.29, 1.82) is 0 Å². The molecule has 0 aliphatic rings. The van der Waals surface area contributed by atoms with Crippen LogP contribution in [-0.2, 0) is 19.1 Å². The van der Waals surface area contributed by atoms with Crippen LogP contribution in [0.5, 0.6) is 0 Å². The Bertz CT molecular complexity index is 869. The number of methoxy groups -OCH3 is 1. The monoisotopic (exact) mass is 415 g/mol. The maximum atomic E-state index is 13.3. The fourth-order valence-electron chi connectivity index (χ4n) is 2.38. The number of hydrogen-bond acceptors (Lipinski definition) is 6. The maximum absolute atomic E-state index is 13.3. The number of benzene rings is 1. The molecule has 1 heterocycles. The normalized spacial score (nSPS) is 13.1. The van der Waals surface area contributed by atoms with E-state index in [-0.39, 0.29) is 15.8 Å². The smallest absolute Gasteiger partial charge is 0.350 e. The molecule has 27 heavy (non-hydrogen) atoms. The van der Waals surface area contributed by atoms with Gasteiger partial charge in [0.05, 0.1) is 12.1 Å². The average Bonchev–Trinajstić information content (AvgIpc) is 2.98. The van der Waals surface area contributed by atoms with Crippen LogP contribution >= 0.6 is 22.9 Å². The van der Waals surface area contributed by atoms with Gasteiger partial charge in [-0.05, 0) is 24.1 Å². The van der Waals surface area contributed by atoms with E-state index in [2.05, 4.69) is 10.1 Å². The summed E-state index contributed by atoms with van der Waals surface area (Å²) in [6, 6.07) is 3.15. The Kier molecular flexibility index (Phi) is 7.15. The molecular weight excluding hydrogens is 397 g/mol. The number of halogens is 2. The van der Waals surface area contributed by atoms with Crippen molar-refractivity contribution in [3.8, 4) is 0 Å². The van der Waals surface area contributed by atoms with E-state index >= 15 is 0 Å². The third-order valence-corrected chi connectivity index (χ3v) is 5.73. The highest BCUT2D eigenvalue weighted by atomic mass is 35.5. The van der Waals surface area contributed by atoms with Crippen LogP contribution in [0.4, 0.5) is 4.39 Å². The van der Waals surface area contributed by atoms with Crippen LogP contribution in [0.2, 0.25) is 5.02 Å². The number of rotatable bonds is 7. The fraction of sp³-hybridized carbons (Fsp3) is 0.389. The van der Waals surface area contributed by atoms with Gasteiger partial charge in [0.1, 0.15) is 16.7 Å². The minimum Gasteiger partial charge on any atom is -0.467 e. The summed E-state index contributed by atoms with van der Waals surface area (Å²) in [5.41, 5.74) is 0. The van der Waals surface area contributed by atoms with Crippen molar-refractivity contribution in [3.63, 3.8) is 0 Å². The molecule has 2 atom stereocenters. The third kappa shape index (κ3) is 4.95. The van der Waals surface area contributed by atoms with Crippen molar-refractivity contribution in [2.75, 3.05) is 13.7 Å². The summed E-state index contributed by atoms with van der Waals surface area (Å²) in [7, 11) is 1.23. The van der Waals surface area contributed by atoms with Crippen LogP contribution in [0.15, 0.2) is 18.2 Å². The standard InChI is InChI=1S/C18H19ClFNO5S/c1-4-9(2)15(17(23)25-3)21-13(22)8-26-18(24)16-14(19)11-6-5-10(20)7-12(11)27-16/h5-7,9,15H,4,8H2,1-3H3,(H,21,22)/t9-,15+/m0/s1. The summed E-state index contributed by atoms with van der Waals surface area (Å²) < 4.78 is 23.5. The topological polar surface area (TPSA) is 81.7 Å². The van der Waals surface area contributed by atoms with Crippen molar-refractivity contribution >= 4 is 50.9 Å². The van der Waals surface area contributed by atoms with Gasteiger partial charge < -0.3 is 14.8 Å². The molecule has 1 aromatic heterocycles. The molecule has 1 aromatic carbocycles. The molecule has 0 fully saturated rings. The lowest BCUT2D eigenvalue weighted by molar-refractivity contribution is -0.147. The molecule has 0 saturated carbocycles. The van der Waals surface area contributed by atoms with Crippen LogP contribution in [0, 0.1) is 11.7 Å². The Balaban J connectivity index is 2.03. The third-order valence-electron chi connectivity index (χ3n) is 4.10. The van der Waals surface area contributed by atoms with Gasteiger partial charge in [0.25, 0.3) is 5.91 Å². The zero-order valence-corrected chi connectivity index (χ0v) is 16.6. The van der Waals surface area contributed by atoms with Crippen LogP contribution < -0.4 is 5.32 Å². The molecule has 9 heteroatoms. The molecule has 146 valence electrons. The van der Waals surface area contributed by atoms with E-state index in [0.29, 0.717) is 16.5 Å². The second kappa shape index (κ2) is 9.14. The lowest BCUT2D eigenvalue weighted by Gasteiger charge is -2.21. The Hall–Kier alpha value is -2.19. The van der Waals surface area contributed by atoms with Gasteiger partial charge in [-0.2, -0.15) is 0 Å². The van der Waals surface area contributed by atoms with Crippen molar-refractivity contribution in [1.82, 2.24) is 5.32 Å². The summed E-state index contributed by atoms with van der Waals surface area (Å²) in [5, 5.41) is 3.18. The average molecular weight is 416 g/mol. The summed E-state index contributed by atoms with van der Waals surface area (Å²) in [5.74, 6) is -2.60. The predicted molar refractivity (Wildman–Crippen MR) is 100 cm³/mol. The van der Waals surface area contributed by atoms with Gasteiger partial charge in [-0.25, -0.2) is 14.0 Å². The molecule has 0 spiro atoms. The van der Waals surface area contributed by atoms with Gasteiger partial charge in [-0.3, -0.25) is 4.79 Å². The van der Waals surface area contributed by atoms with Gasteiger partial charge in [0.15, 0.2) is 6.61 Å². The molecule has 2 rings (SSSR count). The number of nitrogens with one attached hydrogen (secondary N) is 1. The van der Waals surface area contributed by atoms with Gasteiger partial charge in [-0.1, -0.05) is 31.9 Å². The molecule has 1 N–H and O–H groups in total. The maximum Gasteiger partial charge on any atom is 0.350 e. The van der Waals surface area contributed by atoms with Crippen LogP contribution in [0.3, 0.4) is 0 Å². The number of amides is 1. The van der Waals surface area contributed by atoms with E-state index in [1.54, 1.807) is 6.92 Å². The Labute approximate surface area is 164 Å². The first-order valence-electron chi connectivity index (χ1n) is 8.20. The van der Waals surface area contributed by atoms with Crippen molar-refractivity contribution in [2.45, 2.75) is 26.3 Å². The Morgan fingerprint density at radius 3 is 2.67 bits per heavy atom. The Morgan fingerprint density at radius 1 is 1.33 bits per heavy atom. The molecule has 0 bridgehead atoms. The van der Waals surface area contributed by atoms with Crippen LogP contribution in [0.25, 0.3) is 10.1 Å². The first-order valence-corrected chi connectivity index (χ1v) is 9.39. The first-order chi connectivity index (χ1) is 12.8.